The van der Waals surface area contributed by atoms with Crippen LogP contribution in [0.5, 0.6) is 0 Å². The molecule has 3 rings (SSSR count). The molecule has 2 heterocycles. The van der Waals surface area contributed by atoms with E-state index in [0.717, 1.165) is 38.0 Å². The number of morpholine rings is 1. The van der Waals surface area contributed by atoms with Crippen molar-refractivity contribution >= 4 is 15.9 Å². The summed E-state index contributed by atoms with van der Waals surface area (Å²) in [4.78, 5) is 17.5. The standard InChI is InChI=1S/C21H33N3O4S/c1-15-5-6-19(29(26,27)22-4)11-20(15)21(25)24-9-7-18(8-10-24)14-23-12-16(2)28-17(3)13-23/h5-6,11,16-18,22H,7-10,12-14H2,1-4H3. The summed E-state index contributed by atoms with van der Waals surface area (Å²) in [5.41, 5.74) is 1.26. The molecule has 2 saturated heterocycles. The van der Waals surface area contributed by atoms with Gasteiger partial charge >= 0.3 is 0 Å². The molecule has 1 aromatic carbocycles. The van der Waals surface area contributed by atoms with Crippen molar-refractivity contribution < 1.29 is 17.9 Å². The summed E-state index contributed by atoms with van der Waals surface area (Å²) in [6, 6.07) is 4.73. The molecule has 0 bridgehead atoms. The largest absolute Gasteiger partial charge is 0.373 e. The second-order valence-corrected chi connectivity index (χ2v) is 10.3. The molecule has 0 spiro atoms. The highest BCUT2D eigenvalue weighted by atomic mass is 32.2. The maximum Gasteiger partial charge on any atom is 0.254 e. The van der Waals surface area contributed by atoms with E-state index in [4.69, 9.17) is 4.74 Å². The van der Waals surface area contributed by atoms with Gasteiger partial charge in [0.05, 0.1) is 17.1 Å². The van der Waals surface area contributed by atoms with Crippen LogP contribution in [0.2, 0.25) is 0 Å². The number of hydrogen-bond acceptors (Lipinski definition) is 5. The summed E-state index contributed by atoms with van der Waals surface area (Å²) in [6.07, 6.45) is 2.48. The number of piperidine rings is 1. The number of likely N-dealkylation sites (tertiary alicyclic amines) is 1. The summed E-state index contributed by atoms with van der Waals surface area (Å²) in [6.45, 7) is 10.5. The third-order valence-electron chi connectivity index (χ3n) is 5.93. The highest BCUT2D eigenvalue weighted by Gasteiger charge is 2.29. The van der Waals surface area contributed by atoms with E-state index in [1.54, 1.807) is 6.07 Å². The monoisotopic (exact) mass is 423 g/mol. The predicted octanol–water partition coefficient (Wildman–Crippen LogP) is 1.86. The zero-order valence-electron chi connectivity index (χ0n) is 17.8. The molecule has 2 aliphatic rings. The average molecular weight is 424 g/mol. The normalized spacial score (nSPS) is 24.6. The number of nitrogens with one attached hydrogen (secondary N) is 1. The van der Waals surface area contributed by atoms with Crippen LogP contribution in [-0.4, -0.2) is 76.1 Å². The summed E-state index contributed by atoms with van der Waals surface area (Å²) >= 11 is 0. The highest BCUT2D eigenvalue weighted by molar-refractivity contribution is 7.89. The van der Waals surface area contributed by atoms with Crippen LogP contribution in [-0.2, 0) is 14.8 Å². The molecular weight excluding hydrogens is 390 g/mol. The Bertz CT molecular complexity index is 824. The van der Waals surface area contributed by atoms with Gasteiger partial charge in [0.25, 0.3) is 5.91 Å². The van der Waals surface area contributed by atoms with Crippen LogP contribution >= 0.6 is 0 Å². The van der Waals surface area contributed by atoms with Crippen LogP contribution in [0.15, 0.2) is 23.1 Å². The second-order valence-electron chi connectivity index (χ2n) is 8.40. The molecular formula is C21H33N3O4S. The fraction of sp³-hybridized carbons (Fsp3) is 0.667. The third-order valence-corrected chi connectivity index (χ3v) is 7.34. The van der Waals surface area contributed by atoms with Crippen LogP contribution in [0.4, 0.5) is 0 Å². The van der Waals surface area contributed by atoms with Crippen LogP contribution < -0.4 is 4.72 Å². The van der Waals surface area contributed by atoms with Gasteiger partial charge in [0.1, 0.15) is 0 Å². The van der Waals surface area contributed by atoms with Gasteiger partial charge in [-0.25, -0.2) is 13.1 Å². The van der Waals surface area contributed by atoms with Gasteiger partial charge < -0.3 is 9.64 Å². The number of hydrogen-bond donors (Lipinski definition) is 1. The molecule has 0 aromatic heterocycles. The molecule has 0 radical (unpaired) electrons. The molecule has 0 saturated carbocycles. The SMILES string of the molecule is CNS(=O)(=O)c1ccc(C)c(C(=O)N2CCC(CN3CC(C)OC(C)C3)CC2)c1. The number of sulfonamides is 1. The number of carbonyl (C=O) groups is 1. The van der Waals surface area contributed by atoms with Gasteiger partial charge in [0.2, 0.25) is 10.0 Å². The van der Waals surface area contributed by atoms with E-state index in [9.17, 15) is 13.2 Å². The first-order valence-corrected chi connectivity index (χ1v) is 11.9. The Morgan fingerprint density at radius 3 is 2.38 bits per heavy atom. The Labute approximate surface area is 174 Å². The Morgan fingerprint density at radius 2 is 1.79 bits per heavy atom. The fourth-order valence-corrected chi connectivity index (χ4v) is 5.16. The van der Waals surface area contributed by atoms with E-state index in [0.29, 0.717) is 24.6 Å². The molecule has 162 valence electrons. The van der Waals surface area contributed by atoms with Crippen molar-refractivity contribution in [3.63, 3.8) is 0 Å². The maximum atomic E-state index is 13.1. The topological polar surface area (TPSA) is 79.0 Å². The quantitative estimate of drug-likeness (QED) is 0.782. The maximum absolute atomic E-state index is 13.1. The summed E-state index contributed by atoms with van der Waals surface area (Å²) in [5.74, 6) is 0.497. The first kappa shape index (κ1) is 22.2. The number of ether oxygens (including phenoxy) is 1. The third kappa shape index (κ3) is 5.36. The van der Waals surface area contributed by atoms with E-state index < -0.39 is 10.0 Å². The van der Waals surface area contributed by atoms with E-state index in [2.05, 4.69) is 23.5 Å². The molecule has 0 aliphatic carbocycles. The van der Waals surface area contributed by atoms with Crippen molar-refractivity contribution in [3.8, 4) is 0 Å². The lowest BCUT2D eigenvalue weighted by Crippen LogP contribution is -2.48. The number of rotatable bonds is 5. The highest BCUT2D eigenvalue weighted by Crippen LogP contribution is 2.24. The summed E-state index contributed by atoms with van der Waals surface area (Å²) < 4.78 is 32.3. The number of carbonyl (C=O) groups excluding carboxylic acids is 1. The van der Waals surface area contributed by atoms with Crippen molar-refractivity contribution in [1.82, 2.24) is 14.5 Å². The van der Waals surface area contributed by atoms with Gasteiger partial charge in [-0.2, -0.15) is 0 Å². The van der Waals surface area contributed by atoms with E-state index in [-0.39, 0.29) is 23.0 Å². The molecule has 1 aromatic rings. The van der Waals surface area contributed by atoms with Gasteiger partial charge in [0.15, 0.2) is 0 Å². The number of aryl methyl sites for hydroxylation is 1. The van der Waals surface area contributed by atoms with Gasteiger partial charge in [-0.05, 0) is 64.3 Å². The lowest BCUT2D eigenvalue weighted by Gasteiger charge is -2.39. The minimum atomic E-state index is -3.57. The van der Waals surface area contributed by atoms with E-state index in [1.165, 1.54) is 19.2 Å². The average Bonchev–Trinajstić information content (AvgIpc) is 2.67. The Balaban J connectivity index is 1.61. The van der Waals surface area contributed by atoms with E-state index >= 15 is 0 Å². The Morgan fingerprint density at radius 1 is 1.17 bits per heavy atom. The zero-order valence-corrected chi connectivity index (χ0v) is 18.7. The number of amides is 1. The molecule has 29 heavy (non-hydrogen) atoms. The van der Waals surface area contributed by atoms with Gasteiger partial charge in [-0.3, -0.25) is 9.69 Å². The van der Waals surface area contributed by atoms with Crippen LogP contribution in [0.3, 0.4) is 0 Å². The van der Waals surface area contributed by atoms with Crippen molar-refractivity contribution in [3.05, 3.63) is 29.3 Å². The Kier molecular flexibility index (Phi) is 6.98. The first-order valence-electron chi connectivity index (χ1n) is 10.4. The van der Waals surface area contributed by atoms with Crippen LogP contribution in [0.1, 0.15) is 42.6 Å². The van der Waals surface area contributed by atoms with E-state index in [1.807, 2.05) is 11.8 Å². The molecule has 2 atom stereocenters. The second kappa shape index (κ2) is 9.12. The first-order chi connectivity index (χ1) is 13.7. The predicted molar refractivity (Wildman–Crippen MR) is 113 cm³/mol. The molecule has 7 nitrogen and oxygen atoms in total. The van der Waals surface area contributed by atoms with Crippen molar-refractivity contribution in [2.45, 2.75) is 50.7 Å². The smallest absolute Gasteiger partial charge is 0.254 e. The van der Waals surface area contributed by atoms with Gasteiger partial charge in [-0.15, -0.1) is 0 Å². The molecule has 1 amide bonds. The molecule has 2 aliphatic heterocycles. The molecule has 2 unspecified atom stereocenters. The Hall–Kier alpha value is -1.48. The summed E-state index contributed by atoms with van der Waals surface area (Å²) in [7, 11) is -2.20. The minimum absolute atomic E-state index is 0.0808. The van der Waals surface area contributed by atoms with Gasteiger partial charge in [-0.1, -0.05) is 6.07 Å². The fourth-order valence-electron chi connectivity index (χ4n) is 4.40. The van der Waals surface area contributed by atoms with Crippen LogP contribution in [0.25, 0.3) is 0 Å². The lowest BCUT2D eigenvalue weighted by atomic mass is 9.94. The van der Waals surface area contributed by atoms with Crippen molar-refractivity contribution in [2.75, 3.05) is 39.8 Å². The lowest BCUT2D eigenvalue weighted by molar-refractivity contribution is -0.0728. The van der Waals surface area contributed by atoms with Crippen molar-refractivity contribution in [1.29, 1.82) is 0 Å². The zero-order chi connectivity index (χ0) is 21.2. The molecule has 1 N–H and O–H groups in total. The minimum Gasteiger partial charge on any atom is -0.373 e. The van der Waals surface area contributed by atoms with Crippen LogP contribution in [0, 0.1) is 12.8 Å². The number of benzene rings is 1. The number of nitrogens with zero attached hydrogens (tertiary/aromatic N) is 2. The summed E-state index contributed by atoms with van der Waals surface area (Å²) in [5, 5.41) is 0. The van der Waals surface area contributed by atoms with Crippen molar-refractivity contribution in [2.24, 2.45) is 5.92 Å². The molecule has 8 heteroatoms. The molecule has 2 fully saturated rings. The van der Waals surface area contributed by atoms with Gasteiger partial charge in [0, 0.05) is 38.3 Å².